The first kappa shape index (κ1) is 12.7. The minimum absolute atomic E-state index is 0.343. The SMILES string of the molecule is COc1cc(OC)c(C2(C=O)COC2)c(OC)c1. The molecule has 0 aromatic heterocycles. The van der Waals surface area contributed by atoms with E-state index >= 15 is 0 Å². The second-order valence-electron chi connectivity index (χ2n) is 4.17. The summed E-state index contributed by atoms with van der Waals surface area (Å²) in [5, 5.41) is 0. The summed E-state index contributed by atoms with van der Waals surface area (Å²) < 4.78 is 21.0. The van der Waals surface area contributed by atoms with Crippen LogP contribution in [0.25, 0.3) is 0 Å². The number of benzene rings is 1. The van der Waals surface area contributed by atoms with Gasteiger partial charge in [0.25, 0.3) is 0 Å². The quantitative estimate of drug-likeness (QED) is 0.736. The van der Waals surface area contributed by atoms with Gasteiger partial charge in [-0.2, -0.15) is 0 Å². The smallest absolute Gasteiger partial charge is 0.135 e. The molecule has 0 saturated carbocycles. The Morgan fingerprint density at radius 1 is 1.11 bits per heavy atom. The third kappa shape index (κ3) is 1.80. The van der Waals surface area contributed by atoms with Crippen molar-refractivity contribution in [3.63, 3.8) is 0 Å². The summed E-state index contributed by atoms with van der Waals surface area (Å²) in [4.78, 5) is 11.4. The number of hydrogen-bond acceptors (Lipinski definition) is 5. The van der Waals surface area contributed by atoms with Crippen LogP contribution >= 0.6 is 0 Å². The van der Waals surface area contributed by atoms with Gasteiger partial charge in [0.15, 0.2) is 0 Å². The third-order valence-corrected chi connectivity index (χ3v) is 3.16. The van der Waals surface area contributed by atoms with E-state index < -0.39 is 5.41 Å². The maximum atomic E-state index is 11.4. The van der Waals surface area contributed by atoms with Crippen LogP contribution in [0.5, 0.6) is 17.2 Å². The van der Waals surface area contributed by atoms with Crippen molar-refractivity contribution in [3.8, 4) is 17.2 Å². The Balaban J connectivity index is 2.59. The largest absolute Gasteiger partial charge is 0.496 e. The molecule has 0 unspecified atom stereocenters. The van der Waals surface area contributed by atoms with E-state index in [4.69, 9.17) is 18.9 Å². The molecule has 5 heteroatoms. The molecule has 1 fully saturated rings. The average molecular weight is 252 g/mol. The molecule has 0 amide bonds. The molecule has 1 aromatic carbocycles. The minimum Gasteiger partial charge on any atom is -0.496 e. The van der Waals surface area contributed by atoms with Gasteiger partial charge in [0.2, 0.25) is 0 Å². The number of ether oxygens (including phenoxy) is 4. The van der Waals surface area contributed by atoms with Gasteiger partial charge in [-0.1, -0.05) is 0 Å². The summed E-state index contributed by atoms with van der Waals surface area (Å²) in [5.41, 5.74) is 0.0396. The Labute approximate surface area is 106 Å². The van der Waals surface area contributed by atoms with Crippen LogP contribution in [0.1, 0.15) is 5.56 Å². The van der Waals surface area contributed by atoms with E-state index in [1.54, 1.807) is 33.5 Å². The monoisotopic (exact) mass is 252 g/mol. The number of carbonyl (C=O) groups excluding carboxylic acids is 1. The first-order valence-corrected chi connectivity index (χ1v) is 5.55. The van der Waals surface area contributed by atoms with Crippen molar-refractivity contribution < 1.29 is 23.7 Å². The van der Waals surface area contributed by atoms with Crippen molar-refractivity contribution in [1.82, 2.24) is 0 Å². The number of aldehydes is 1. The first-order chi connectivity index (χ1) is 8.70. The Morgan fingerprint density at radius 2 is 1.67 bits per heavy atom. The molecule has 0 spiro atoms. The molecule has 1 heterocycles. The topological polar surface area (TPSA) is 54.0 Å². The van der Waals surface area contributed by atoms with Gasteiger partial charge < -0.3 is 23.7 Å². The highest BCUT2D eigenvalue weighted by molar-refractivity contribution is 5.75. The lowest BCUT2D eigenvalue weighted by atomic mass is 9.79. The summed E-state index contributed by atoms with van der Waals surface area (Å²) in [7, 11) is 4.67. The van der Waals surface area contributed by atoms with Crippen molar-refractivity contribution in [2.24, 2.45) is 0 Å². The van der Waals surface area contributed by atoms with Gasteiger partial charge in [-0.15, -0.1) is 0 Å². The Morgan fingerprint density at radius 3 is 1.94 bits per heavy atom. The summed E-state index contributed by atoms with van der Waals surface area (Å²) in [5.74, 6) is 1.76. The lowest BCUT2D eigenvalue weighted by molar-refractivity contribution is -0.130. The molecule has 2 rings (SSSR count). The summed E-state index contributed by atoms with van der Waals surface area (Å²) in [6.45, 7) is 0.686. The van der Waals surface area contributed by atoms with E-state index in [-0.39, 0.29) is 0 Å². The third-order valence-electron chi connectivity index (χ3n) is 3.16. The molecule has 1 aromatic rings. The second-order valence-corrected chi connectivity index (χ2v) is 4.17. The van der Waals surface area contributed by atoms with Crippen LogP contribution in [-0.2, 0) is 14.9 Å². The molecule has 0 N–H and O–H groups in total. The van der Waals surface area contributed by atoms with Gasteiger partial charge in [-0.3, -0.25) is 0 Å². The zero-order chi connectivity index (χ0) is 13.2. The molecular formula is C13H16O5. The number of hydrogen-bond donors (Lipinski definition) is 0. The predicted molar refractivity (Wildman–Crippen MR) is 64.7 cm³/mol. The van der Waals surface area contributed by atoms with Crippen LogP contribution < -0.4 is 14.2 Å². The molecule has 0 atom stereocenters. The van der Waals surface area contributed by atoms with Gasteiger partial charge in [-0.25, -0.2) is 0 Å². The van der Waals surface area contributed by atoms with Gasteiger partial charge in [0.1, 0.15) is 28.9 Å². The fourth-order valence-electron chi connectivity index (χ4n) is 2.09. The molecule has 0 aliphatic carbocycles. The van der Waals surface area contributed by atoms with Crippen molar-refractivity contribution in [1.29, 1.82) is 0 Å². The van der Waals surface area contributed by atoms with Crippen LogP contribution in [-0.4, -0.2) is 40.8 Å². The maximum Gasteiger partial charge on any atom is 0.135 e. The molecule has 18 heavy (non-hydrogen) atoms. The average Bonchev–Trinajstić information content (AvgIpc) is 2.37. The highest BCUT2D eigenvalue weighted by Gasteiger charge is 2.45. The van der Waals surface area contributed by atoms with E-state index in [0.717, 1.165) is 11.8 Å². The van der Waals surface area contributed by atoms with E-state index in [0.29, 0.717) is 30.5 Å². The van der Waals surface area contributed by atoms with Crippen molar-refractivity contribution >= 4 is 6.29 Å². The minimum atomic E-state index is -0.678. The normalized spacial score (nSPS) is 16.6. The van der Waals surface area contributed by atoms with Gasteiger partial charge in [0.05, 0.1) is 40.1 Å². The summed E-state index contributed by atoms with van der Waals surface area (Å²) in [6.07, 6.45) is 0.892. The van der Waals surface area contributed by atoms with Gasteiger partial charge in [-0.05, 0) is 0 Å². The lowest BCUT2D eigenvalue weighted by Gasteiger charge is -2.38. The molecule has 5 nitrogen and oxygen atoms in total. The van der Waals surface area contributed by atoms with E-state index in [1.165, 1.54) is 0 Å². The zero-order valence-electron chi connectivity index (χ0n) is 10.7. The Bertz CT molecular complexity index is 426. The molecule has 0 radical (unpaired) electrons. The van der Waals surface area contributed by atoms with Crippen LogP contribution in [0.3, 0.4) is 0 Å². The van der Waals surface area contributed by atoms with Gasteiger partial charge in [0, 0.05) is 12.1 Å². The molecule has 1 aliphatic rings. The summed E-state index contributed by atoms with van der Waals surface area (Å²) >= 11 is 0. The van der Waals surface area contributed by atoms with Gasteiger partial charge >= 0.3 is 0 Å². The molecule has 1 aliphatic heterocycles. The van der Waals surface area contributed by atoms with Crippen LogP contribution in [0.4, 0.5) is 0 Å². The van der Waals surface area contributed by atoms with E-state index in [9.17, 15) is 4.79 Å². The van der Waals surface area contributed by atoms with Crippen LogP contribution in [0.2, 0.25) is 0 Å². The van der Waals surface area contributed by atoms with E-state index in [1.807, 2.05) is 0 Å². The number of carbonyl (C=O) groups is 1. The molecule has 0 bridgehead atoms. The standard InChI is InChI=1S/C13H16O5/c1-15-9-4-10(16-2)12(11(5-9)17-3)13(6-14)7-18-8-13/h4-6H,7-8H2,1-3H3. The highest BCUT2D eigenvalue weighted by atomic mass is 16.5. The van der Waals surface area contributed by atoms with Crippen molar-refractivity contribution in [2.75, 3.05) is 34.5 Å². The second kappa shape index (κ2) is 4.86. The van der Waals surface area contributed by atoms with Crippen LogP contribution in [0, 0.1) is 0 Å². The Hall–Kier alpha value is -1.75. The lowest BCUT2D eigenvalue weighted by Crippen LogP contribution is -2.48. The summed E-state index contributed by atoms with van der Waals surface area (Å²) in [6, 6.07) is 3.48. The predicted octanol–water partition coefficient (Wildman–Crippen LogP) is 1.18. The van der Waals surface area contributed by atoms with Crippen molar-refractivity contribution in [3.05, 3.63) is 17.7 Å². The highest BCUT2D eigenvalue weighted by Crippen LogP contribution is 2.44. The molecule has 98 valence electrons. The molecule has 1 saturated heterocycles. The molecular weight excluding hydrogens is 236 g/mol. The zero-order valence-corrected chi connectivity index (χ0v) is 10.7. The Kier molecular flexibility index (Phi) is 3.43. The van der Waals surface area contributed by atoms with Crippen molar-refractivity contribution in [2.45, 2.75) is 5.41 Å². The van der Waals surface area contributed by atoms with Crippen LogP contribution in [0.15, 0.2) is 12.1 Å². The number of rotatable bonds is 5. The maximum absolute atomic E-state index is 11.4. The number of methoxy groups -OCH3 is 3. The van der Waals surface area contributed by atoms with E-state index in [2.05, 4.69) is 0 Å². The fraction of sp³-hybridized carbons (Fsp3) is 0.462. The first-order valence-electron chi connectivity index (χ1n) is 5.55. The fourth-order valence-corrected chi connectivity index (χ4v) is 2.09.